The molecule has 1 fully saturated rings. The highest BCUT2D eigenvalue weighted by Gasteiger charge is 2.24. The van der Waals surface area contributed by atoms with Gasteiger partial charge in [0.25, 0.3) is 0 Å². The Morgan fingerprint density at radius 3 is 2.68 bits per heavy atom. The fourth-order valence-corrected chi connectivity index (χ4v) is 3.69. The fourth-order valence-electron chi connectivity index (χ4n) is 2.47. The lowest BCUT2D eigenvalue weighted by Crippen LogP contribution is -2.35. The predicted molar refractivity (Wildman–Crippen MR) is 84.1 cm³/mol. The number of aryl methyl sites for hydroxylation is 1. The van der Waals surface area contributed by atoms with Crippen molar-refractivity contribution in [2.24, 2.45) is 0 Å². The molecule has 0 spiro atoms. The van der Waals surface area contributed by atoms with Crippen molar-refractivity contribution in [3.63, 3.8) is 0 Å². The molecule has 108 valence electrons. The van der Waals surface area contributed by atoms with E-state index in [4.69, 9.17) is 4.98 Å². The number of hydrogen-bond donors (Lipinski definition) is 1. The molecule has 1 aromatic heterocycles. The molecule has 0 radical (unpaired) electrons. The van der Waals surface area contributed by atoms with E-state index >= 15 is 0 Å². The largest absolute Gasteiger partial charge is 0.345 e. The maximum atomic E-state index is 4.87. The summed E-state index contributed by atoms with van der Waals surface area (Å²) in [5.74, 6) is 0. The van der Waals surface area contributed by atoms with Crippen LogP contribution in [0.15, 0.2) is 0 Å². The number of hydrogen-bond acceptors (Lipinski definition) is 4. The molecule has 0 bridgehead atoms. The summed E-state index contributed by atoms with van der Waals surface area (Å²) in [4.78, 5) is 8.75. The minimum atomic E-state index is 0.163. The molecule has 0 aromatic carbocycles. The Hall–Kier alpha value is -0.610. The van der Waals surface area contributed by atoms with Crippen molar-refractivity contribution in [1.82, 2.24) is 10.3 Å². The average Bonchev–Trinajstić information content (AvgIpc) is 2.90. The molecule has 4 heteroatoms. The van der Waals surface area contributed by atoms with Crippen LogP contribution in [0.2, 0.25) is 0 Å². The monoisotopic (exact) mass is 281 g/mol. The lowest BCUT2D eigenvalue weighted by Gasteiger charge is -2.20. The van der Waals surface area contributed by atoms with Crippen LogP contribution < -0.4 is 10.2 Å². The maximum Gasteiger partial charge on any atom is 0.186 e. The topological polar surface area (TPSA) is 28.2 Å². The van der Waals surface area contributed by atoms with Crippen LogP contribution in [0.4, 0.5) is 5.13 Å². The van der Waals surface area contributed by atoms with Crippen LogP contribution in [0, 0.1) is 0 Å². The highest BCUT2D eigenvalue weighted by Crippen LogP contribution is 2.32. The predicted octanol–water partition coefficient (Wildman–Crippen LogP) is 3.58. The smallest absolute Gasteiger partial charge is 0.186 e. The third-order valence-corrected chi connectivity index (χ3v) is 4.81. The Morgan fingerprint density at radius 2 is 2.16 bits per heavy atom. The molecule has 1 aliphatic rings. The van der Waals surface area contributed by atoms with Gasteiger partial charge in [-0.3, -0.25) is 0 Å². The molecule has 2 heterocycles. The summed E-state index contributed by atoms with van der Waals surface area (Å²) < 4.78 is 0. The third-order valence-electron chi connectivity index (χ3n) is 3.68. The summed E-state index contributed by atoms with van der Waals surface area (Å²) in [7, 11) is 0. The molecular weight excluding hydrogens is 254 g/mol. The second kappa shape index (κ2) is 5.80. The number of nitrogens with zero attached hydrogens (tertiary/aromatic N) is 2. The summed E-state index contributed by atoms with van der Waals surface area (Å²) in [6, 6.07) is 0.652. The molecule has 0 aliphatic carbocycles. The number of rotatable bonds is 4. The van der Waals surface area contributed by atoms with Gasteiger partial charge in [0, 0.05) is 29.5 Å². The molecule has 19 heavy (non-hydrogen) atoms. The first-order valence-corrected chi connectivity index (χ1v) is 8.22. The molecule has 1 atom stereocenters. The Morgan fingerprint density at radius 1 is 1.42 bits per heavy atom. The van der Waals surface area contributed by atoms with E-state index in [9.17, 15) is 0 Å². The van der Waals surface area contributed by atoms with Crippen molar-refractivity contribution < 1.29 is 0 Å². The normalized spacial score (nSPS) is 20.3. The lowest BCUT2D eigenvalue weighted by molar-refractivity contribution is 0.425. The van der Waals surface area contributed by atoms with E-state index in [0.29, 0.717) is 6.04 Å². The van der Waals surface area contributed by atoms with Crippen LogP contribution in [0.3, 0.4) is 0 Å². The molecule has 3 nitrogen and oxygen atoms in total. The first kappa shape index (κ1) is 14.8. The van der Waals surface area contributed by atoms with Gasteiger partial charge in [0.15, 0.2) is 5.13 Å². The van der Waals surface area contributed by atoms with Crippen molar-refractivity contribution in [2.75, 3.05) is 11.4 Å². The highest BCUT2D eigenvalue weighted by molar-refractivity contribution is 7.15. The Balaban J connectivity index is 2.13. The summed E-state index contributed by atoms with van der Waals surface area (Å²) in [5, 5.41) is 4.81. The number of nitrogens with one attached hydrogen (secondary N) is 1. The van der Waals surface area contributed by atoms with Gasteiger partial charge < -0.3 is 10.2 Å². The molecule has 1 unspecified atom stereocenters. The van der Waals surface area contributed by atoms with Crippen LogP contribution in [-0.4, -0.2) is 23.1 Å². The number of thiazole rings is 1. The van der Waals surface area contributed by atoms with Crippen LogP contribution in [0.25, 0.3) is 0 Å². The molecule has 0 amide bonds. The van der Waals surface area contributed by atoms with Crippen molar-refractivity contribution in [3.8, 4) is 0 Å². The van der Waals surface area contributed by atoms with Gasteiger partial charge in [0.05, 0.1) is 5.69 Å². The fraction of sp³-hybridized carbons (Fsp3) is 0.800. The van der Waals surface area contributed by atoms with Gasteiger partial charge in [-0.15, -0.1) is 11.3 Å². The molecule has 1 saturated heterocycles. The van der Waals surface area contributed by atoms with Crippen molar-refractivity contribution >= 4 is 16.5 Å². The molecule has 1 aromatic rings. The quantitative estimate of drug-likeness (QED) is 0.914. The maximum absolute atomic E-state index is 4.87. The van der Waals surface area contributed by atoms with Gasteiger partial charge >= 0.3 is 0 Å². The van der Waals surface area contributed by atoms with Gasteiger partial charge in [-0.2, -0.15) is 0 Å². The lowest BCUT2D eigenvalue weighted by atomic mass is 10.1. The van der Waals surface area contributed by atoms with Gasteiger partial charge in [-0.05, 0) is 47.0 Å². The van der Waals surface area contributed by atoms with Gasteiger partial charge in [0.1, 0.15) is 0 Å². The number of aromatic nitrogens is 1. The van der Waals surface area contributed by atoms with E-state index in [0.717, 1.165) is 13.0 Å². The van der Waals surface area contributed by atoms with E-state index in [-0.39, 0.29) is 5.54 Å². The summed E-state index contributed by atoms with van der Waals surface area (Å²) in [6.07, 6.45) is 3.63. The minimum Gasteiger partial charge on any atom is -0.345 e. The molecule has 1 N–H and O–H groups in total. The van der Waals surface area contributed by atoms with Gasteiger partial charge in [-0.1, -0.05) is 6.92 Å². The molecule has 1 aliphatic heterocycles. The van der Waals surface area contributed by atoms with Crippen molar-refractivity contribution in [1.29, 1.82) is 0 Å². The Bertz CT molecular complexity index is 420. The highest BCUT2D eigenvalue weighted by atomic mass is 32.1. The molecule has 2 rings (SSSR count). The van der Waals surface area contributed by atoms with Crippen molar-refractivity contribution in [2.45, 2.75) is 72.0 Å². The van der Waals surface area contributed by atoms with E-state index in [1.165, 1.54) is 35.1 Å². The summed E-state index contributed by atoms with van der Waals surface area (Å²) in [5.41, 5.74) is 1.44. The summed E-state index contributed by atoms with van der Waals surface area (Å²) in [6.45, 7) is 13.3. The summed E-state index contributed by atoms with van der Waals surface area (Å²) >= 11 is 1.88. The zero-order chi connectivity index (χ0) is 14.0. The first-order valence-electron chi connectivity index (χ1n) is 7.41. The van der Waals surface area contributed by atoms with E-state index in [1.54, 1.807) is 0 Å². The Labute approximate surface area is 121 Å². The second-order valence-electron chi connectivity index (χ2n) is 6.51. The molecule has 0 saturated carbocycles. The van der Waals surface area contributed by atoms with Crippen LogP contribution in [-0.2, 0) is 13.0 Å². The minimum absolute atomic E-state index is 0.163. The van der Waals surface area contributed by atoms with Crippen LogP contribution in [0.5, 0.6) is 0 Å². The van der Waals surface area contributed by atoms with Crippen LogP contribution >= 0.6 is 11.3 Å². The first-order chi connectivity index (χ1) is 8.90. The van der Waals surface area contributed by atoms with Crippen LogP contribution in [0.1, 0.15) is 58.0 Å². The zero-order valence-corrected chi connectivity index (χ0v) is 13.7. The number of anilines is 1. The van der Waals surface area contributed by atoms with E-state index < -0.39 is 0 Å². The standard InChI is InChI=1S/C15H27N3S/c1-6-12-13(10-16-15(3,4)5)19-14(17-12)18-9-7-8-11(18)2/h11,16H,6-10H2,1-5H3. The second-order valence-corrected chi connectivity index (χ2v) is 7.57. The average molecular weight is 281 g/mol. The van der Waals surface area contributed by atoms with Crippen molar-refractivity contribution in [3.05, 3.63) is 10.6 Å². The van der Waals surface area contributed by atoms with Gasteiger partial charge in [-0.25, -0.2) is 4.98 Å². The third kappa shape index (κ3) is 3.69. The Kier molecular flexibility index (Phi) is 4.51. The molecular formula is C15H27N3S. The van der Waals surface area contributed by atoms with E-state index in [2.05, 4.69) is 44.8 Å². The zero-order valence-electron chi connectivity index (χ0n) is 12.9. The SMILES string of the molecule is CCc1nc(N2CCCC2C)sc1CNC(C)(C)C. The van der Waals surface area contributed by atoms with E-state index in [1.807, 2.05) is 11.3 Å². The van der Waals surface area contributed by atoms with Gasteiger partial charge in [0.2, 0.25) is 0 Å².